The average molecular weight is 474 g/mol. The van der Waals surface area contributed by atoms with E-state index in [1.54, 1.807) is 20.8 Å². The topological polar surface area (TPSA) is 9.23 Å². The molecule has 0 N–H and O–H groups in total. The second-order valence-electron chi connectivity index (χ2n) is 0.487. The van der Waals surface area contributed by atoms with Crippen LogP contribution in [0.15, 0.2) is 0 Å². The van der Waals surface area contributed by atoms with Gasteiger partial charge in [-0.15, -0.1) is 0 Å². The molecule has 0 radical (unpaired) electrons. The number of halogens is 3. The molecule has 5 heteroatoms. The van der Waals surface area contributed by atoms with Gasteiger partial charge in [0.1, 0.15) is 0 Å². The van der Waals surface area contributed by atoms with Crippen LogP contribution in [0.4, 0.5) is 0 Å². The van der Waals surface area contributed by atoms with E-state index < -0.39 is 0 Å². The maximum atomic E-state index is 4.54. The molecule has 0 saturated heterocycles. The van der Waals surface area contributed by atoms with Crippen molar-refractivity contribution in [3.63, 3.8) is 0 Å². The minimum absolute atomic E-state index is 0.530. The summed E-state index contributed by atoms with van der Waals surface area (Å²) in [7, 11) is 0. The monoisotopic (exact) mass is 474 g/mol. The summed E-state index contributed by atoms with van der Waals surface area (Å²) in [4.78, 5) is 0. The summed E-state index contributed by atoms with van der Waals surface area (Å²) in [5.41, 5.74) is 0. The number of rotatable bonds is 1. The van der Waals surface area contributed by atoms with Gasteiger partial charge in [-0.05, 0) is 0 Å². The second kappa shape index (κ2) is 15.9. The van der Waals surface area contributed by atoms with Crippen molar-refractivity contribution in [3.05, 3.63) is 0 Å². The molecular weight excluding hydrogens is 469 g/mol. The molecule has 1 nitrogen and oxygen atoms in total. The van der Waals surface area contributed by atoms with Crippen molar-refractivity contribution in [1.82, 2.24) is 0 Å². The maximum absolute atomic E-state index is 4.54. The van der Waals surface area contributed by atoms with Gasteiger partial charge >= 0.3 is 88.2 Å². The van der Waals surface area contributed by atoms with Crippen LogP contribution in [0.2, 0.25) is 0 Å². The molecule has 7 heavy (non-hydrogen) atoms. The van der Waals surface area contributed by atoms with E-state index in [1.807, 2.05) is 6.92 Å². The summed E-state index contributed by atoms with van der Waals surface area (Å²) in [6, 6.07) is 0. The van der Waals surface area contributed by atoms with Crippen LogP contribution in [-0.4, -0.2) is 6.61 Å². The minimum atomic E-state index is 0.530. The van der Waals surface area contributed by atoms with Gasteiger partial charge in [-0.25, -0.2) is 0 Å². The number of hydrogen-bond donors (Lipinski definition) is 0. The summed E-state index contributed by atoms with van der Waals surface area (Å²) in [5.74, 6) is 0. The Morgan fingerprint density at radius 3 is 1.86 bits per heavy atom. The summed E-state index contributed by atoms with van der Waals surface area (Å²) in [6.07, 6.45) is 0. The third kappa shape index (κ3) is 28.0. The van der Waals surface area contributed by atoms with Gasteiger partial charge in [-0.3, -0.25) is 0 Å². The van der Waals surface area contributed by atoms with Crippen molar-refractivity contribution in [2.75, 3.05) is 6.61 Å². The molecule has 0 amide bonds. The van der Waals surface area contributed by atoms with E-state index in [0.29, 0.717) is 13.3 Å². The first-order valence-electron chi connectivity index (χ1n) is 1.49. The Balaban J connectivity index is 0. The third-order valence-corrected chi connectivity index (χ3v) is 0.595. The van der Waals surface area contributed by atoms with Gasteiger partial charge in [0, 0.05) is 0 Å². The molecule has 0 aliphatic rings. The van der Waals surface area contributed by atoms with Crippen LogP contribution < -0.4 is 13.3 Å². The molecule has 0 spiro atoms. The van der Waals surface area contributed by atoms with Crippen LogP contribution in [0, 0.1) is 0 Å². The Morgan fingerprint density at radius 2 is 1.86 bits per heavy atom. The molecule has 0 aromatic heterocycles. The fourth-order valence-corrected chi connectivity index (χ4v) is 0. The van der Waals surface area contributed by atoms with E-state index in [2.05, 4.69) is 40.6 Å². The average Bonchev–Trinajstić information content (AvgIpc) is 1.69. The van der Waals surface area contributed by atoms with Gasteiger partial charge in [0.15, 0.2) is 0 Å². The Morgan fingerprint density at radius 1 is 1.71 bits per heavy atom. The Labute approximate surface area is 86.2 Å². The van der Waals surface area contributed by atoms with Gasteiger partial charge in [0.25, 0.3) is 0 Å². The summed E-state index contributed by atoms with van der Waals surface area (Å²) < 4.78 is 4.54. The van der Waals surface area contributed by atoms with Crippen LogP contribution >= 0.6 is 37.2 Å². The standard InChI is InChI=1S/C2H5O.I3.Ti/c1-2-3;1-3-2;/h2H2,1H3;;/q2*-1;+1. The van der Waals surface area contributed by atoms with Crippen molar-refractivity contribution in [2.45, 2.75) is 6.92 Å². The van der Waals surface area contributed by atoms with Gasteiger partial charge < -0.3 is 0 Å². The van der Waals surface area contributed by atoms with Crippen molar-refractivity contribution < 1.29 is 37.4 Å². The SMILES string of the molecule is CC[O][Ti].I[I-]I. The van der Waals surface area contributed by atoms with Gasteiger partial charge in [-0.1, -0.05) is 0 Å². The van der Waals surface area contributed by atoms with Crippen LogP contribution in [0.1, 0.15) is 6.92 Å². The predicted octanol–water partition coefficient (Wildman–Crippen LogP) is -0.740. The first-order chi connectivity index (χ1) is 3.33. The van der Waals surface area contributed by atoms with Crippen LogP contribution in [-0.2, 0) is 24.1 Å². The molecule has 0 heterocycles. The van der Waals surface area contributed by atoms with E-state index in [-0.39, 0.29) is 0 Å². The quantitative estimate of drug-likeness (QED) is 0.360. The Bertz CT molecular complexity index is 20.4. The Hall–Kier alpha value is 2.86. The fourth-order valence-electron chi connectivity index (χ4n) is 0. The first-order valence-corrected chi connectivity index (χ1v) is 14.7. The van der Waals surface area contributed by atoms with Crippen LogP contribution in [0.25, 0.3) is 0 Å². The van der Waals surface area contributed by atoms with E-state index in [9.17, 15) is 0 Å². The predicted molar refractivity (Wildman–Crippen MR) is 39.7 cm³/mol. The number of hydrogen-bond acceptors (Lipinski definition) is 1. The summed E-state index contributed by atoms with van der Waals surface area (Å²) in [6.45, 7) is 2.78. The van der Waals surface area contributed by atoms with Crippen molar-refractivity contribution >= 4 is 37.2 Å². The molecule has 0 rings (SSSR count). The Kier molecular flexibility index (Phi) is 28.5. The second-order valence-corrected chi connectivity index (χ2v) is 17.2. The van der Waals surface area contributed by atoms with Gasteiger partial charge in [-0.2, -0.15) is 0 Å². The molecule has 0 aromatic rings. The molecule has 0 aliphatic carbocycles. The van der Waals surface area contributed by atoms with Crippen molar-refractivity contribution in [1.29, 1.82) is 0 Å². The third-order valence-electron chi connectivity index (χ3n) is 0.144. The molecule has 0 fully saturated rings. The zero-order valence-corrected chi connectivity index (χ0v) is 11.8. The molecule has 0 bridgehead atoms. The van der Waals surface area contributed by atoms with Crippen molar-refractivity contribution in [3.8, 4) is 0 Å². The van der Waals surface area contributed by atoms with Crippen LogP contribution in [0.3, 0.4) is 0 Å². The summed E-state index contributed by atoms with van der Waals surface area (Å²) >= 11 is 6.98. The van der Waals surface area contributed by atoms with E-state index in [1.165, 1.54) is 0 Å². The first kappa shape index (κ1) is 12.5. The van der Waals surface area contributed by atoms with E-state index in [4.69, 9.17) is 0 Å². The van der Waals surface area contributed by atoms with E-state index in [0.717, 1.165) is 6.61 Å². The molecular formula is C2H5I3OTi-. The zero-order chi connectivity index (χ0) is 6.12. The normalized spacial score (nSPS) is 7.14. The summed E-state index contributed by atoms with van der Waals surface area (Å²) in [5, 5.41) is 0. The zero-order valence-electron chi connectivity index (χ0n) is 3.75. The molecule has 0 aliphatic heterocycles. The molecule has 0 saturated carbocycles. The van der Waals surface area contributed by atoms with Crippen molar-refractivity contribution in [2.24, 2.45) is 0 Å². The van der Waals surface area contributed by atoms with Gasteiger partial charge in [0.05, 0.1) is 0 Å². The molecule has 0 unspecified atom stereocenters. The molecule has 0 atom stereocenters. The van der Waals surface area contributed by atoms with Gasteiger partial charge in [0.2, 0.25) is 0 Å². The molecule has 0 aromatic carbocycles. The fraction of sp³-hybridized carbons (Fsp3) is 1.00. The van der Waals surface area contributed by atoms with Crippen LogP contribution in [0.5, 0.6) is 0 Å². The molecule has 45 valence electrons. The van der Waals surface area contributed by atoms with E-state index >= 15 is 0 Å².